The number of aromatic nitrogens is 2. The second-order valence-corrected chi connectivity index (χ2v) is 9.05. The van der Waals surface area contributed by atoms with Gasteiger partial charge in [-0.3, -0.25) is 4.48 Å². The third kappa shape index (κ3) is 4.16. The first-order valence-corrected chi connectivity index (χ1v) is 10.2. The molecule has 1 aliphatic heterocycles. The van der Waals surface area contributed by atoms with E-state index in [1.54, 1.807) is 18.2 Å². The minimum atomic E-state index is -1.30. The fraction of sp³-hybridized carbons (Fsp3) is 0.455. The maximum atomic E-state index is 14.2. The van der Waals surface area contributed by atoms with E-state index >= 15 is 0 Å². The molecule has 164 valence electrons. The van der Waals surface area contributed by atoms with Crippen molar-refractivity contribution >= 4 is 17.9 Å². The van der Waals surface area contributed by atoms with Crippen molar-refractivity contribution in [3.63, 3.8) is 0 Å². The Bertz CT molecular complexity index is 1050. The van der Waals surface area contributed by atoms with E-state index in [1.165, 1.54) is 12.1 Å². The first kappa shape index (κ1) is 22.4. The predicted molar refractivity (Wildman–Crippen MR) is 114 cm³/mol. The Balaban J connectivity index is 2.16. The van der Waals surface area contributed by atoms with Gasteiger partial charge >= 0.3 is 0 Å². The van der Waals surface area contributed by atoms with Gasteiger partial charge in [-0.15, -0.1) is 0 Å². The number of carbonyl (C=O) groups is 1. The van der Waals surface area contributed by atoms with E-state index in [2.05, 4.69) is 43.0 Å². The lowest BCUT2D eigenvalue weighted by Gasteiger charge is -2.55. The molecule has 2 heterocycles. The molecule has 31 heavy (non-hydrogen) atoms. The number of nitrogens with zero attached hydrogens (tertiary/aromatic N) is 4. The van der Waals surface area contributed by atoms with E-state index in [-0.39, 0.29) is 29.1 Å². The molecule has 0 radical (unpaired) electrons. The van der Waals surface area contributed by atoms with Gasteiger partial charge in [-0.05, 0) is 46.2 Å². The van der Waals surface area contributed by atoms with Crippen LogP contribution in [0, 0.1) is 17.1 Å². The Kier molecular flexibility index (Phi) is 5.87. The van der Waals surface area contributed by atoms with E-state index in [1.807, 2.05) is 0 Å². The fourth-order valence-corrected chi connectivity index (χ4v) is 4.73. The van der Waals surface area contributed by atoms with Crippen molar-refractivity contribution in [2.75, 3.05) is 12.3 Å². The second-order valence-electron chi connectivity index (χ2n) is 9.05. The molecule has 8 nitrogen and oxygen atoms in total. The maximum Gasteiger partial charge on any atom is 0.233 e. The Labute approximate surface area is 181 Å². The molecule has 1 aromatic heterocycles. The molecule has 1 saturated heterocycles. The number of carboxylic acid groups (broad SMARTS) is 1. The van der Waals surface area contributed by atoms with E-state index in [9.17, 15) is 14.3 Å². The van der Waals surface area contributed by atoms with Crippen molar-refractivity contribution in [1.29, 1.82) is 5.26 Å². The Morgan fingerprint density at radius 1 is 1.32 bits per heavy atom. The third-order valence-corrected chi connectivity index (χ3v) is 6.24. The average Bonchev–Trinajstić information content (AvgIpc) is 2.67. The van der Waals surface area contributed by atoms with Gasteiger partial charge in [0, 0.05) is 18.1 Å². The molecule has 1 fully saturated rings. The van der Waals surface area contributed by atoms with Crippen LogP contribution in [0.3, 0.4) is 0 Å². The summed E-state index contributed by atoms with van der Waals surface area (Å²) in [5, 5.41) is 22.7. The number of nitrogens with one attached hydrogen (secondary N) is 1. The molecule has 1 amide bonds. The summed E-state index contributed by atoms with van der Waals surface area (Å²) in [5.41, 5.74) is 6.58. The van der Waals surface area contributed by atoms with Crippen LogP contribution in [0.15, 0.2) is 24.3 Å². The number of carbonyl (C=O) groups excluding carboxylic acids is 1. The van der Waals surface area contributed by atoms with E-state index in [0.29, 0.717) is 34.5 Å². The Morgan fingerprint density at radius 3 is 2.61 bits per heavy atom. The van der Waals surface area contributed by atoms with Gasteiger partial charge in [-0.1, -0.05) is 6.07 Å². The van der Waals surface area contributed by atoms with Gasteiger partial charge in [0.05, 0.1) is 28.9 Å². The molecule has 3 atom stereocenters. The highest BCUT2D eigenvalue weighted by atomic mass is 19.1. The summed E-state index contributed by atoms with van der Waals surface area (Å²) in [5.74, 6) is 0.0429. The van der Waals surface area contributed by atoms with Crippen LogP contribution in [0.1, 0.15) is 46.1 Å². The van der Waals surface area contributed by atoms with Crippen molar-refractivity contribution in [1.82, 2.24) is 19.8 Å². The number of hydrogen-bond donors (Lipinski definition) is 2. The van der Waals surface area contributed by atoms with Gasteiger partial charge in [-0.2, -0.15) is 10.2 Å². The number of halogens is 1. The first-order chi connectivity index (χ1) is 14.5. The van der Waals surface area contributed by atoms with Gasteiger partial charge in [0.2, 0.25) is 11.8 Å². The molecule has 3 N–H and O–H groups in total. The van der Waals surface area contributed by atoms with Crippen LogP contribution in [-0.4, -0.2) is 40.2 Å². The number of hydrogen-bond acceptors (Lipinski definition) is 6. The number of quaternary nitrogens is 1. The number of benzene rings is 1. The van der Waals surface area contributed by atoms with Crippen LogP contribution in [-0.2, 0) is 0 Å². The highest BCUT2D eigenvalue weighted by Crippen LogP contribution is 2.41. The van der Waals surface area contributed by atoms with Crippen molar-refractivity contribution < 1.29 is 14.3 Å². The average molecular weight is 426 g/mol. The highest BCUT2D eigenvalue weighted by molar-refractivity contribution is 5.66. The Morgan fingerprint density at radius 2 is 2.03 bits per heavy atom. The van der Waals surface area contributed by atoms with Crippen LogP contribution in [0.25, 0.3) is 11.3 Å². The monoisotopic (exact) mass is 426 g/mol. The summed E-state index contributed by atoms with van der Waals surface area (Å²) < 4.78 is 14.6. The number of nitrogen functional groups attached to an aromatic ring is 1. The number of nitriles is 1. The lowest BCUT2D eigenvalue weighted by molar-refractivity contribution is -0.252. The quantitative estimate of drug-likeness (QED) is 0.725. The lowest BCUT2D eigenvalue weighted by Crippen LogP contribution is -2.73. The maximum absolute atomic E-state index is 14.2. The van der Waals surface area contributed by atoms with Crippen molar-refractivity contribution in [2.24, 2.45) is 0 Å². The smallest absolute Gasteiger partial charge is 0.233 e. The van der Waals surface area contributed by atoms with Crippen LogP contribution in [0.5, 0.6) is 0 Å². The number of piperidine rings is 1. The molecule has 0 aliphatic carbocycles. The molecule has 3 unspecified atom stereocenters. The molecule has 3 rings (SSSR count). The number of nitrogens with two attached hydrogens (primary N) is 1. The largest absolute Gasteiger partial charge is 0.530 e. The summed E-state index contributed by atoms with van der Waals surface area (Å²) in [6.07, 6.45) is 0.161. The molecular weight excluding hydrogens is 399 g/mol. The van der Waals surface area contributed by atoms with E-state index < -0.39 is 11.9 Å². The number of anilines is 1. The number of likely N-dealkylation sites (tertiary alicyclic amines) is 1. The topological polar surface area (TPSA) is 128 Å². The summed E-state index contributed by atoms with van der Waals surface area (Å²) >= 11 is 0. The summed E-state index contributed by atoms with van der Waals surface area (Å²) in [7, 11) is 0. The van der Waals surface area contributed by atoms with Crippen LogP contribution in [0.2, 0.25) is 0 Å². The third-order valence-electron chi connectivity index (χ3n) is 6.24. The SMILES string of the molecule is CC1CCC(NC(=O)[O-])C[N+]1(c1cc(-c2ccc(C#N)c(F)c2)nc(N)n1)C(C)(C)C. The molecule has 9 heteroatoms. The van der Waals surface area contributed by atoms with Crippen LogP contribution < -0.4 is 20.6 Å². The van der Waals surface area contributed by atoms with Gasteiger partial charge in [0.15, 0.2) is 0 Å². The predicted octanol–water partition coefficient (Wildman–Crippen LogP) is 2.33. The zero-order valence-electron chi connectivity index (χ0n) is 18.1. The Hall–Kier alpha value is -3.25. The van der Waals surface area contributed by atoms with Crippen LogP contribution >= 0.6 is 0 Å². The second kappa shape index (κ2) is 8.12. The van der Waals surface area contributed by atoms with Crippen molar-refractivity contribution in [2.45, 2.75) is 58.2 Å². The number of rotatable bonds is 3. The zero-order chi connectivity index (χ0) is 23.0. The number of amides is 1. The van der Waals surface area contributed by atoms with E-state index in [0.717, 1.165) is 6.42 Å². The van der Waals surface area contributed by atoms with Gasteiger partial charge in [-0.25, -0.2) is 9.37 Å². The molecule has 0 spiro atoms. The summed E-state index contributed by atoms with van der Waals surface area (Å²) in [6, 6.07) is 7.69. The first-order valence-electron chi connectivity index (χ1n) is 10.2. The fourth-order valence-electron chi connectivity index (χ4n) is 4.73. The summed E-state index contributed by atoms with van der Waals surface area (Å²) in [6.45, 7) is 8.80. The minimum Gasteiger partial charge on any atom is -0.530 e. The molecule has 0 saturated carbocycles. The summed E-state index contributed by atoms with van der Waals surface area (Å²) in [4.78, 5) is 20.0. The van der Waals surface area contributed by atoms with E-state index in [4.69, 9.17) is 11.0 Å². The van der Waals surface area contributed by atoms with Crippen molar-refractivity contribution in [3.05, 3.63) is 35.6 Å². The molecular formula is C22H27FN6O2. The molecule has 1 aromatic carbocycles. The van der Waals surface area contributed by atoms with Gasteiger partial charge in [0.25, 0.3) is 0 Å². The van der Waals surface area contributed by atoms with Gasteiger partial charge in [0.1, 0.15) is 24.5 Å². The standard InChI is InChI=1S/C22H27FN6O2/c1-13-5-8-16(26-21(30)31)12-29(13,22(2,3)4)19-10-18(27-20(25)28-19)14-6-7-15(11-24)17(23)9-14/h6-7,9-10,13,16,26H,5,8,12H2,1-4H3,(H2-,25,27,28,30,31). The van der Waals surface area contributed by atoms with Gasteiger partial charge < -0.3 is 21.0 Å². The van der Waals surface area contributed by atoms with Crippen LogP contribution in [0.4, 0.5) is 21.0 Å². The molecule has 0 bridgehead atoms. The van der Waals surface area contributed by atoms with Crippen molar-refractivity contribution in [3.8, 4) is 17.3 Å². The highest BCUT2D eigenvalue weighted by Gasteiger charge is 2.52. The lowest BCUT2D eigenvalue weighted by atomic mass is 9.87. The zero-order valence-corrected chi connectivity index (χ0v) is 18.1. The minimum absolute atomic E-state index is 0.0428. The molecule has 1 aliphatic rings. The normalized spacial score (nSPS) is 23.7. The molecule has 2 aromatic rings.